The topological polar surface area (TPSA) is 57.7 Å². The standard InChI is InChI=1S/C18H22N2O3S/c1-14-5-7-15(8-6-14)13-20(4)18(21)16-9-11-17(12-10-16)24(22,23)19(2)3/h5-12H,13H2,1-4H3. The lowest BCUT2D eigenvalue weighted by Crippen LogP contribution is -2.26. The van der Waals surface area contributed by atoms with Crippen molar-refractivity contribution in [2.75, 3.05) is 21.1 Å². The van der Waals surface area contributed by atoms with E-state index < -0.39 is 10.0 Å². The van der Waals surface area contributed by atoms with Gasteiger partial charge in [-0.2, -0.15) is 0 Å². The van der Waals surface area contributed by atoms with Crippen molar-refractivity contribution in [2.24, 2.45) is 0 Å². The number of carbonyl (C=O) groups is 1. The summed E-state index contributed by atoms with van der Waals surface area (Å²) in [6, 6.07) is 14.0. The van der Waals surface area contributed by atoms with E-state index >= 15 is 0 Å². The number of benzene rings is 2. The van der Waals surface area contributed by atoms with Crippen molar-refractivity contribution in [3.05, 3.63) is 65.2 Å². The largest absolute Gasteiger partial charge is 0.337 e. The molecule has 0 saturated carbocycles. The molecule has 0 unspecified atom stereocenters. The van der Waals surface area contributed by atoms with E-state index in [2.05, 4.69) is 0 Å². The normalized spacial score (nSPS) is 11.5. The summed E-state index contributed by atoms with van der Waals surface area (Å²) in [5, 5.41) is 0. The zero-order chi connectivity index (χ0) is 17.9. The van der Waals surface area contributed by atoms with E-state index in [9.17, 15) is 13.2 Å². The van der Waals surface area contributed by atoms with Gasteiger partial charge >= 0.3 is 0 Å². The molecule has 0 N–H and O–H groups in total. The first kappa shape index (κ1) is 18.2. The summed E-state index contributed by atoms with van der Waals surface area (Å²) in [4.78, 5) is 14.3. The van der Waals surface area contributed by atoms with Crippen LogP contribution >= 0.6 is 0 Å². The Morgan fingerprint density at radius 1 is 0.917 bits per heavy atom. The number of nitrogens with zero attached hydrogens (tertiary/aromatic N) is 2. The highest BCUT2D eigenvalue weighted by Crippen LogP contribution is 2.15. The maximum absolute atomic E-state index is 12.5. The van der Waals surface area contributed by atoms with Crippen LogP contribution in [0.4, 0.5) is 0 Å². The summed E-state index contributed by atoms with van der Waals surface area (Å²) in [7, 11) is 1.20. The first-order valence-electron chi connectivity index (χ1n) is 7.55. The first-order valence-corrected chi connectivity index (χ1v) is 8.99. The molecule has 2 aromatic rings. The Bertz CT molecular complexity index is 810. The van der Waals surface area contributed by atoms with Crippen molar-refractivity contribution in [2.45, 2.75) is 18.4 Å². The fourth-order valence-corrected chi connectivity index (χ4v) is 3.14. The van der Waals surface area contributed by atoms with Crippen LogP contribution < -0.4 is 0 Å². The Labute approximate surface area is 143 Å². The summed E-state index contributed by atoms with van der Waals surface area (Å²) in [6.45, 7) is 2.51. The van der Waals surface area contributed by atoms with Gasteiger partial charge in [0.05, 0.1) is 4.90 Å². The molecule has 0 heterocycles. The minimum atomic E-state index is -3.48. The molecule has 0 radical (unpaired) electrons. The minimum absolute atomic E-state index is 0.149. The van der Waals surface area contributed by atoms with Crippen molar-refractivity contribution in [1.29, 1.82) is 0 Å². The van der Waals surface area contributed by atoms with Gasteiger partial charge in [-0.3, -0.25) is 4.79 Å². The van der Waals surface area contributed by atoms with Crippen molar-refractivity contribution >= 4 is 15.9 Å². The molecule has 0 fully saturated rings. The Kier molecular flexibility index (Phi) is 5.41. The van der Waals surface area contributed by atoms with Crippen molar-refractivity contribution in [3.8, 4) is 0 Å². The number of amides is 1. The van der Waals surface area contributed by atoms with E-state index in [0.29, 0.717) is 12.1 Å². The van der Waals surface area contributed by atoms with Gasteiger partial charge in [0.1, 0.15) is 0 Å². The quantitative estimate of drug-likeness (QED) is 0.836. The molecule has 6 heteroatoms. The van der Waals surface area contributed by atoms with Gasteiger partial charge in [-0.1, -0.05) is 29.8 Å². The molecule has 0 aliphatic rings. The maximum Gasteiger partial charge on any atom is 0.253 e. The summed E-state index contributed by atoms with van der Waals surface area (Å²) in [5.74, 6) is -0.149. The number of aryl methyl sites for hydroxylation is 1. The fourth-order valence-electron chi connectivity index (χ4n) is 2.24. The summed E-state index contributed by atoms with van der Waals surface area (Å²) in [5.41, 5.74) is 2.68. The number of rotatable bonds is 5. The van der Waals surface area contributed by atoms with E-state index in [-0.39, 0.29) is 10.8 Å². The number of carbonyl (C=O) groups excluding carboxylic acids is 1. The van der Waals surface area contributed by atoms with Gasteiger partial charge in [0, 0.05) is 33.3 Å². The molecule has 5 nitrogen and oxygen atoms in total. The molecule has 0 bridgehead atoms. The zero-order valence-electron chi connectivity index (χ0n) is 14.4. The van der Waals surface area contributed by atoms with Gasteiger partial charge < -0.3 is 4.90 Å². The van der Waals surface area contributed by atoms with Crippen LogP contribution in [0.15, 0.2) is 53.4 Å². The predicted octanol–water partition coefficient (Wildman–Crippen LogP) is 2.52. The SMILES string of the molecule is Cc1ccc(CN(C)C(=O)c2ccc(S(=O)(=O)N(C)C)cc2)cc1. The second-order valence-corrected chi connectivity index (χ2v) is 8.11. The number of hydrogen-bond acceptors (Lipinski definition) is 3. The summed E-state index contributed by atoms with van der Waals surface area (Å²) in [6.07, 6.45) is 0. The average molecular weight is 346 g/mol. The molecule has 0 saturated heterocycles. The third kappa shape index (κ3) is 4.01. The lowest BCUT2D eigenvalue weighted by Gasteiger charge is -2.18. The van der Waals surface area contributed by atoms with E-state index in [1.54, 1.807) is 24.1 Å². The second-order valence-electron chi connectivity index (χ2n) is 5.96. The highest BCUT2D eigenvalue weighted by molar-refractivity contribution is 7.89. The molecule has 2 rings (SSSR count). The van der Waals surface area contributed by atoms with Gasteiger partial charge in [0.25, 0.3) is 5.91 Å². The molecule has 2 aromatic carbocycles. The van der Waals surface area contributed by atoms with Crippen LogP contribution in [0, 0.1) is 6.92 Å². The van der Waals surface area contributed by atoms with E-state index in [4.69, 9.17) is 0 Å². The first-order chi connectivity index (χ1) is 11.2. The Morgan fingerprint density at radius 2 is 1.46 bits per heavy atom. The van der Waals surface area contributed by atoms with Crippen LogP contribution in [0.25, 0.3) is 0 Å². The van der Waals surface area contributed by atoms with Crippen LogP contribution in [0.5, 0.6) is 0 Å². The molecule has 0 atom stereocenters. The predicted molar refractivity (Wildman–Crippen MR) is 94.3 cm³/mol. The molecular formula is C18H22N2O3S. The molecule has 24 heavy (non-hydrogen) atoms. The van der Waals surface area contributed by atoms with Gasteiger partial charge in [-0.05, 0) is 36.8 Å². The smallest absolute Gasteiger partial charge is 0.253 e. The maximum atomic E-state index is 12.5. The highest BCUT2D eigenvalue weighted by atomic mass is 32.2. The fraction of sp³-hybridized carbons (Fsp3) is 0.278. The van der Waals surface area contributed by atoms with Crippen molar-refractivity contribution in [3.63, 3.8) is 0 Å². The Morgan fingerprint density at radius 3 is 1.96 bits per heavy atom. The van der Waals surface area contributed by atoms with Crippen LogP contribution in [-0.2, 0) is 16.6 Å². The van der Waals surface area contributed by atoms with E-state index in [0.717, 1.165) is 9.87 Å². The zero-order valence-corrected chi connectivity index (χ0v) is 15.2. The number of sulfonamides is 1. The van der Waals surface area contributed by atoms with Crippen LogP contribution in [0.3, 0.4) is 0 Å². The number of hydrogen-bond donors (Lipinski definition) is 0. The van der Waals surface area contributed by atoms with Crippen molar-refractivity contribution in [1.82, 2.24) is 9.21 Å². The van der Waals surface area contributed by atoms with Crippen molar-refractivity contribution < 1.29 is 13.2 Å². The molecule has 0 aromatic heterocycles. The average Bonchev–Trinajstić information content (AvgIpc) is 2.56. The third-order valence-corrected chi connectivity index (χ3v) is 5.60. The van der Waals surface area contributed by atoms with Gasteiger partial charge in [-0.25, -0.2) is 12.7 Å². The lowest BCUT2D eigenvalue weighted by atomic mass is 10.1. The summed E-state index contributed by atoms with van der Waals surface area (Å²) < 4.78 is 25.2. The van der Waals surface area contributed by atoms with Crippen LogP contribution in [-0.4, -0.2) is 44.7 Å². The lowest BCUT2D eigenvalue weighted by molar-refractivity contribution is 0.0785. The molecule has 1 amide bonds. The van der Waals surface area contributed by atoms with Gasteiger partial charge in [0.15, 0.2) is 0 Å². The van der Waals surface area contributed by atoms with E-state index in [1.807, 2.05) is 31.2 Å². The van der Waals surface area contributed by atoms with Gasteiger partial charge in [-0.15, -0.1) is 0 Å². The van der Waals surface area contributed by atoms with E-state index in [1.165, 1.54) is 31.8 Å². The molecule has 0 spiro atoms. The Balaban J connectivity index is 2.13. The molecule has 128 valence electrons. The monoisotopic (exact) mass is 346 g/mol. The van der Waals surface area contributed by atoms with Gasteiger partial charge in [0.2, 0.25) is 10.0 Å². The second kappa shape index (κ2) is 7.15. The highest BCUT2D eigenvalue weighted by Gasteiger charge is 2.18. The Hall–Kier alpha value is -2.18. The minimum Gasteiger partial charge on any atom is -0.337 e. The summed E-state index contributed by atoms with van der Waals surface area (Å²) >= 11 is 0. The molecule has 0 aliphatic heterocycles. The third-order valence-electron chi connectivity index (χ3n) is 3.77. The molecule has 0 aliphatic carbocycles. The molecular weight excluding hydrogens is 324 g/mol. The van der Waals surface area contributed by atoms with Crippen LogP contribution in [0.2, 0.25) is 0 Å². The van der Waals surface area contributed by atoms with Crippen LogP contribution in [0.1, 0.15) is 21.5 Å².